The van der Waals surface area contributed by atoms with Gasteiger partial charge in [-0.2, -0.15) is 14.6 Å². The van der Waals surface area contributed by atoms with E-state index in [0.29, 0.717) is 5.78 Å². The van der Waals surface area contributed by atoms with E-state index >= 15 is 0 Å². The average Bonchev–Trinajstić information content (AvgIpc) is 3.37. The van der Waals surface area contributed by atoms with Gasteiger partial charge in [0.25, 0.3) is 5.78 Å². The van der Waals surface area contributed by atoms with Crippen LogP contribution in [-0.2, 0) is 0 Å². The molecule has 27 heavy (non-hydrogen) atoms. The lowest BCUT2D eigenvalue weighted by Crippen LogP contribution is -2.46. The number of aromatic nitrogens is 4. The minimum Gasteiger partial charge on any atom is -0.356 e. The van der Waals surface area contributed by atoms with E-state index in [1.807, 2.05) is 22.7 Å². The van der Waals surface area contributed by atoms with E-state index in [2.05, 4.69) is 45.0 Å². The maximum absolute atomic E-state index is 4.70. The van der Waals surface area contributed by atoms with Crippen molar-refractivity contribution in [2.45, 2.75) is 44.7 Å². The summed E-state index contributed by atoms with van der Waals surface area (Å²) in [4.78, 5) is 14.2. The molecule has 1 aromatic carbocycles. The summed E-state index contributed by atoms with van der Waals surface area (Å²) in [6.07, 6.45) is 6.72. The fourth-order valence-electron chi connectivity index (χ4n) is 4.70. The first-order valence-electron chi connectivity index (χ1n) is 10.1. The number of nitrogens with zero attached hydrogens (tertiary/aromatic N) is 6. The van der Waals surface area contributed by atoms with E-state index in [0.717, 1.165) is 42.2 Å². The lowest BCUT2D eigenvalue weighted by Gasteiger charge is -2.39. The second kappa shape index (κ2) is 6.93. The molecular formula is C21H26N6. The van der Waals surface area contributed by atoms with Crippen LogP contribution in [0.4, 0.5) is 5.82 Å². The van der Waals surface area contributed by atoms with Crippen molar-refractivity contribution in [2.24, 2.45) is 0 Å². The molecule has 2 aliphatic heterocycles. The monoisotopic (exact) mass is 362 g/mol. The van der Waals surface area contributed by atoms with Crippen molar-refractivity contribution < 1.29 is 0 Å². The first-order valence-corrected chi connectivity index (χ1v) is 10.1. The highest BCUT2D eigenvalue weighted by atomic mass is 15.4. The van der Waals surface area contributed by atoms with Gasteiger partial charge in [0.15, 0.2) is 0 Å². The minimum atomic E-state index is 0.668. The molecule has 2 saturated heterocycles. The number of benzene rings is 1. The molecule has 3 aromatic rings. The topological polar surface area (TPSA) is 49.6 Å². The Labute approximate surface area is 159 Å². The summed E-state index contributed by atoms with van der Waals surface area (Å²) >= 11 is 0. The van der Waals surface area contributed by atoms with Gasteiger partial charge < -0.3 is 4.90 Å². The molecule has 6 nitrogen and oxygen atoms in total. The molecule has 6 heteroatoms. The van der Waals surface area contributed by atoms with Gasteiger partial charge in [0, 0.05) is 36.8 Å². The zero-order chi connectivity index (χ0) is 18.2. The molecule has 1 atom stereocenters. The van der Waals surface area contributed by atoms with Gasteiger partial charge >= 0.3 is 0 Å². The van der Waals surface area contributed by atoms with E-state index in [-0.39, 0.29) is 0 Å². The predicted octanol–water partition coefficient (Wildman–Crippen LogP) is 3.24. The van der Waals surface area contributed by atoms with Crippen molar-refractivity contribution in [2.75, 3.05) is 24.5 Å². The summed E-state index contributed by atoms with van der Waals surface area (Å²) in [6.45, 7) is 5.77. The molecule has 0 spiro atoms. The van der Waals surface area contributed by atoms with E-state index in [1.165, 1.54) is 32.2 Å². The van der Waals surface area contributed by atoms with E-state index in [1.54, 1.807) is 6.33 Å². The summed E-state index contributed by atoms with van der Waals surface area (Å²) in [7, 11) is 0. The number of rotatable bonds is 3. The average molecular weight is 362 g/mol. The smallest absolute Gasteiger partial charge is 0.254 e. The van der Waals surface area contributed by atoms with Crippen molar-refractivity contribution >= 4 is 11.6 Å². The molecule has 1 unspecified atom stereocenters. The Hall–Kier alpha value is -2.47. The normalized spacial score (nSPS) is 22.0. The summed E-state index contributed by atoms with van der Waals surface area (Å²) in [5.41, 5.74) is 2.08. The second-order valence-corrected chi connectivity index (χ2v) is 7.78. The standard InChI is InChI=1S/C21H26N6/c1-16-6-5-11-26(16)18-9-12-25(13-10-18)20-14-19(17-7-3-2-4-8-17)24-21-22-15-23-27(20)21/h2-4,7-8,14-16,18H,5-6,9-13H2,1H3. The second-order valence-electron chi connectivity index (χ2n) is 7.78. The maximum Gasteiger partial charge on any atom is 0.254 e. The third-order valence-electron chi connectivity index (χ3n) is 6.16. The molecule has 2 aromatic heterocycles. The van der Waals surface area contributed by atoms with Crippen LogP contribution in [0.25, 0.3) is 17.0 Å². The minimum absolute atomic E-state index is 0.668. The highest BCUT2D eigenvalue weighted by Gasteiger charge is 2.31. The van der Waals surface area contributed by atoms with Gasteiger partial charge in [0.1, 0.15) is 12.1 Å². The molecule has 0 radical (unpaired) electrons. The van der Waals surface area contributed by atoms with Gasteiger partial charge in [-0.1, -0.05) is 30.3 Å². The molecule has 5 rings (SSSR count). The highest BCUT2D eigenvalue weighted by molar-refractivity contribution is 5.65. The van der Waals surface area contributed by atoms with Gasteiger partial charge in [0.05, 0.1) is 5.69 Å². The number of anilines is 1. The van der Waals surface area contributed by atoms with Gasteiger partial charge in [-0.3, -0.25) is 4.90 Å². The molecule has 0 amide bonds. The Bertz CT molecular complexity index is 913. The van der Waals surface area contributed by atoms with E-state index in [4.69, 9.17) is 4.98 Å². The van der Waals surface area contributed by atoms with Gasteiger partial charge in [0.2, 0.25) is 0 Å². The molecule has 2 fully saturated rings. The van der Waals surface area contributed by atoms with Crippen molar-refractivity contribution in [3.8, 4) is 11.3 Å². The third-order valence-corrected chi connectivity index (χ3v) is 6.16. The highest BCUT2D eigenvalue weighted by Crippen LogP contribution is 2.29. The fourth-order valence-corrected chi connectivity index (χ4v) is 4.70. The van der Waals surface area contributed by atoms with Crippen LogP contribution in [0.2, 0.25) is 0 Å². The molecule has 0 aliphatic carbocycles. The predicted molar refractivity (Wildman–Crippen MR) is 107 cm³/mol. The van der Waals surface area contributed by atoms with Crippen LogP contribution in [0.3, 0.4) is 0 Å². The number of hydrogen-bond donors (Lipinski definition) is 0. The molecular weight excluding hydrogens is 336 g/mol. The number of hydrogen-bond acceptors (Lipinski definition) is 5. The Morgan fingerprint density at radius 2 is 1.81 bits per heavy atom. The summed E-state index contributed by atoms with van der Waals surface area (Å²) < 4.78 is 1.88. The van der Waals surface area contributed by atoms with Crippen LogP contribution in [-0.4, -0.2) is 56.2 Å². The quantitative estimate of drug-likeness (QED) is 0.716. The SMILES string of the molecule is CC1CCCN1C1CCN(c2cc(-c3ccccc3)nc3ncnn23)CC1. The van der Waals surface area contributed by atoms with Crippen LogP contribution in [0.15, 0.2) is 42.7 Å². The van der Waals surface area contributed by atoms with Gasteiger partial charge in [-0.15, -0.1) is 0 Å². The van der Waals surface area contributed by atoms with Crippen LogP contribution in [0.5, 0.6) is 0 Å². The Morgan fingerprint density at radius 1 is 1.00 bits per heavy atom. The van der Waals surface area contributed by atoms with Crippen LogP contribution >= 0.6 is 0 Å². The molecule has 0 saturated carbocycles. The van der Waals surface area contributed by atoms with Gasteiger partial charge in [-0.25, -0.2) is 4.98 Å². The molecule has 140 valence electrons. The molecule has 2 aliphatic rings. The van der Waals surface area contributed by atoms with Crippen molar-refractivity contribution in [3.63, 3.8) is 0 Å². The van der Waals surface area contributed by atoms with Crippen LogP contribution < -0.4 is 4.90 Å². The fraction of sp³-hybridized carbons (Fsp3) is 0.476. The van der Waals surface area contributed by atoms with Gasteiger partial charge in [-0.05, 0) is 39.2 Å². The Balaban J connectivity index is 1.42. The lowest BCUT2D eigenvalue weighted by molar-refractivity contribution is 0.163. The number of fused-ring (bicyclic) bond motifs is 1. The number of piperidine rings is 1. The first-order chi connectivity index (χ1) is 13.3. The third kappa shape index (κ3) is 3.08. The zero-order valence-corrected chi connectivity index (χ0v) is 15.8. The Kier molecular flexibility index (Phi) is 4.28. The van der Waals surface area contributed by atoms with Crippen LogP contribution in [0.1, 0.15) is 32.6 Å². The summed E-state index contributed by atoms with van der Waals surface area (Å²) in [5.74, 6) is 1.77. The lowest BCUT2D eigenvalue weighted by atomic mass is 10.0. The number of likely N-dealkylation sites (tertiary alicyclic amines) is 1. The molecule has 0 N–H and O–H groups in total. The summed E-state index contributed by atoms with van der Waals surface area (Å²) in [6, 6.07) is 14.0. The van der Waals surface area contributed by atoms with Crippen molar-refractivity contribution in [3.05, 3.63) is 42.7 Å². The first kappa shape index (κ1) is 16.7. The molecule has 4 heterocycles. The molecule has 0 bridgehead atoms. The Morgan fingerprint density at radius 3 is 2.56 bits per heavy atom. The van der Waals surface area contributed by atoms with Crippen LogP contribution in [0, 0.1) is 0 Å². The maximum atomic E-state index is 4.70. The van der Waals surface area contributed by atoms with E-state index < -0.39 is 0 Å². The van der Waals surface area contributed by atoms with Crippen molar-refractivity contribution in [1.29, 1.82) is 0 Å². The zero-order valence-electron chi connectivity index (χ0n) is 15.8. The van der Waals surface area contributed by atoms with Crippen molar-refractivity contribution in [1.82, 2.24) is 24.5 Å². The van der Waals surface area contributed by atoms with E-state index in [9.17, 15) is 0 Å². The summed E-state index contributed by atoms with van der Waals surface area (Å²) in [5, 5.41) is 4.43. The largest absolute Gasteiger partial charge is 0.356 e.